The van der Waals surface area contributed by atoms with Crippen molar-refractivity contribution < 1.29 is 9.15 Å². The fourth-order valence-corrected chi connectivity index (χ4v) is 2.58. The van der Waals surface area contributed by atoms with Crippen molar-refractivity contribution in [2.45, 2.75) is 11.8 Å². The minimum atomic E-state index is 0.0139. The number of hydrogen-bond donors (Lipinski definition) is 1. The summed E-state index contributed by atoms with van der Waals surface area (Å²) in [7, 11) is 1.66. The third-order valence-electron chi connectivity index (χ3n) is 2.64. The molecule has 3 nitrogen and oxygen atoms in total. The third kappa shape index (κ3) is 3.55. The van der Waals surface area contributed by atoms with Gasteiger partial charge in [0.25, 0.3) is 0 Å². The summed E-state index contributed by atoms with van der Waals surface area (Å²) in [6.07, 6.45) is 1.69. The summed E-state index contributed by atoms with van der Waals surface area (Å²) in [6.45, 7) is 0. The molecule has 2 rings (SSSR count). The Bertz CT molecular complexity index is 470. The molecule has 96 valence electrons. The Balaban J connectivity index is 1.85. The highest BCUT2D eigenvalue weighted by atomic mass is 32.2. The van der Waals surface area contributed by atoms with Crippen LogP contribution in [0.4, 0.5) is 0 Å². The first-order valence-electron chi connectivity index (χ1n) is 5.79. The quantitative estimate of drug-likeness (QED) is 0.869. The van der Waals surface area contributed by atoms with E-state index in [0.717, 1.165) is 28.6 Å². The zero-order chi connectivity index (χ0) is 12.8. The smallest absolute Gasteiger partial charge is 0.119 e. The second-order valence-corrected chi connectivity index (χ2v) is 5.01. The van der Waals surface area contributed by atoms with Crippen molar-refractivity contribution in [3.63, 3.8) is 0 Å². The Morgan fingerprint density at radius 3 is 2.94 bits per heavy atom. The number of rotatable bonds is 6. The van der Waals surface area contributed by atoms with E-state index < -0.39 is 0 Å². The van der Waals surface area contributed by atoms with Gasteiger partial charge < -0.3 is 14.9 Å². The second kappa shape index (κ2) is 6.52. The van der Waals surface area contributed by atoms with Gasteiger partial charge >= 0.3 is 0 Å². The summed E-state index contributed by atoms with van der Waals surface area (Å²) in [4.78, 5) is 0. The van der Waals surface area contributed by atoms with E-state index >= 15 is 0 Å². The van der Waals surface area contributed by atoms with E-state index in [9.17, 15) is 0 Å². The number of methoxy groups -OCH3 is 1. The molecule has 0 saturated carbocycles. The van der Waals surface area contributed by atoms with E-state index in [1.165, 1.54) is 0 Å². The Morgan fingerprint density at radius 1 is 1.33 bits per heavy atom. The van der Waals surface area contributed by atoms with Crippen LogP contribution in [0.15, 0.2) is 47.1 Å². The fraction of sp³-hybridized carbons (Fsp3) is 0.286. The first-order valence-corrected chi connectivity index (χ1v) is 6.94. The molecule has 0 aliphatic heterocycles. The van der Waals surface area contributed by atoms with Gasteiger partial charge in [0.2, 0.25) is 0 Å². The highest BCUT2D eigenvalue weighted by Crippen LogP contribution is 2.22. The van der Waals surface area contributed by atoms with Crippen LogP contribution in [0.25, 0.3) is 0 Å². The Morgan fingerprint density at radius 2 is 2.22 bits per heavy atom. The van der Waals surface area contributed by atoms with Crippen LogP contribution in [0, 0.1) is 0 Å². The molecule has 0 aliphatic carbocycles. The highest BCUT2D eigenvalue weighted by Gasteiger charge is 2.07. The van der Waals surface area contributed by atoms with Gasteiger partial charge in [-0.25, -0.2) is 0 Å². The monoisotopic (exact) mass is 263 g/mol. The average molecular weight is 263 g/mol. The zero-order valence-corrected chi connectivity index (χ0v) is 11.2. The third-order valence-corrected chi connectivity index (χ3v) is 3.73. The van der Waals surface area contributed by atoms with E-state index in [1.54, 1.807) is 25.1 Å². The number of hydrogen-bond acceptors (Lipinski definition) is 4. The Labute approximate surface area is 111 Å². The lowest BCUT2D eigenvalue weighted by Crippen LogP contribution is -2.13. The van der Waals surface area contributed by atoms with Crippen LogP contribution >= 0.6 is 11.8 Å². The topological polar surface area (TPSA) is 48.4 Å². The highest BCUT2D eigenvalue weighted by molar-refractivity contribution is 7.98. The molecule has 1 aromatic carbocycles. The van der Waals surface area contributed by atoms with Gasteiger partial charge in [0.05, 0.1) is 19.1 Å². The predicted octanol–water partition coefficient (Wildman–Crippen LogP) is 3.22. The molecule has 1 heterocycles. The van der Waals surface area contributed by atoms with Gasteiger partial charge in [-0.15, -0.1) is 0 Å². The van der Waals surface area contributed by atoms with E-state index in [0.29, 0.717) is 0 Å². The molecule has 0 radical (unpaired) electrons. The van der Waals surface area contributed by atoms with Crippen molar-refractivity contribution >= 4 is 11.8 Å². The van der Waals surface area contributed by atoms with Gasteiger partial charge in [-0.3, -0.25) is 0 Å². The maximum absolute atomic E-state index is 6.15. The first-order chi connectivity index (χ1) is 8.79. The predicted molar refractivity (Wildman–Crippen MR) is 74.8 cm³/mol. The molecule has 1 aromatic heterocycles. The summed E-state index contributed by atoms with van der Waals surface area (Å²) < 4.78 is 10.5. The average Bonchev–Trinajstić information content (AvgIpc) is 2.92. The molecule has 0 amide bonds. The molecule has 2 aromatic rings. The van der Waals surface area contributed by atoms with Gasteiger partial charge in [-0.1, -0.05) is 12.1 Å². The minimum absolute atomic E-state index is 0.0139. The van der Waals surface area contributed by atoms with E-state index in [4.69, 9.17) is 14.9 Å². The molecule has 4 heteroatoms. The number of thioether (sulfide) groups is 1. The lowest BCUT2D eigenvalue weighted by atomic mass is 10.1. The molecule has 18 heavy (non-hydrogen) atoms. The summed E-state index contributed by atoms with van der Waals surface area (Å²) in [5, 5.41) is 0. The molecular weight excluding hydrogens is 246 g/mol. The molecule has 2 N–H and O–H groups in total. The van der Waals surface area contributed by atoms with Crippen molar-refractivity contribution in [2.75, 3.05) is 12.9 Å². The Kier molecular flexibility index (Phi) is 4.73. The van der Waals surface area contributed by atoms with Crippen LogP contribution < -0.4 is 10.5 Å². The van der Waals surface area contributed by atoms with Crippen molar-refractivity contribution in [3.8, 4) is 5.75 Å². The van der Waals surface area contributed by atoms with Crippen LogP contribution in [0.2, 0.25) is 0 Å². The summed E-state index contributed by atoms with van der Waals surface area (Å²) in [5.41, 5.74) is 7.25. The number of ether oxygens (including phenoxy) is 1. The number of nitrogens with two attached hydrogens (primary N) is 1. The number of benzene rings is 1. The molecule has 1 atom stereocenters. The van der Waals surface area contributed by atoms with Gasteiger partial charge in [-0.05, 0) is 29.8 Å². The van der Waals surface area contributed by atoms with Gasteiger partial charge in [0.15, 0.2) is 0 Å². The molecule has 0 fully saturated rings. The van der Waals surface area contributed by atoms with Crippen molar-refractivity contribution in [2.24, 2.45) is 5.73 Å². The normalized spacial score (nSPS) is 12.3. The molecule has 0 bridgehead atoms. The minimum Gasteiger partial charge on any atom is -0.497 e. The van der Waals surface area contributed by atoms with Gasteiger partial charge in [-0.2, -0.15) is 11.8 Å². The SMILES string of the molecule is COc1cccc(C(N)CSCc2ccco2)c1. The van der Waals surface area contributed by atoms with Crippen LogP contribution in [-0.2, 0) is 5.75 Å². The molecule has 0 saturated heterocycles. The van der Waals surface area contributed by atoms with Crippen LogP contribution in [0.5, 0.6) is 5.75 Å². The largest absolute Gasteiger partial charge is 0.497 e. The molecule has 1 unspecified atom stereocenters. The summed E-state index contributed by atoms with van der Waals surface area (Å²) in [5.74, 6) is 3.54. The lowest BCUT2D eigenvalue weighted by Gasteiger charge is -2.12. The number of furan rings is 1. The van der Waals surface area contributed by atoms with Gasteiger partial charge in [0, 0.05) is 11.8 Å². The van der Waals surface area contributed by atoms with Crippen LogP contribution in [-0.4, -0.2) is 12.9 Å². The summed E-state index contributed by atoms with van der Waals surface area (Å²) in [6, 6.07) is 11.8. The first kappa shape index (κ1) is 13.1. The zero-order valence-electron chi connectivity index (χ0n) is 10.3. The fourth-order valence-electron chi connectivity index (χ4n) is 1.65. The van der Waals surface area contributed by atoms with E-state index in [1.807, 2.05) is 36.4 Å². The maximum atomic E-state index is 6.15. The van der Waals surface area contributed by atoms with Gasteiger partial charge in [0.1, 0.15) is 11.5 Å². The lowest BCUT2D eigenvalue weighted by molar-refractivity contribution is 0.414. The van der Waals surface area contributed by atoms with E-state index in [-0.39, 0.29) is 6.04 Å². The van der Waals surface area contributed by atoms with Crippen molar-refractivity contribution in [1.29, 1.82) is 0 Å². The molecule has 0 aliphatic rings. The summed E-state index contributed by atoms with van der Waals surface area (Å²) >= 11 is 1.77. The van der Waals surface area contributed by atoms with E-state index in [2.05, 4.69) is 0 Å². The van der Waals surface area contributed by atoms with Crippen LogP contribution in [0.1, 0.15) is 17.4 Å². The maximum Gasteiger partial charge on any atom is 0.119 e. The second-order valence-electron chi connectivity index (χ2n) is 3.98. The Hall–Kier alpha value is -1.39. The van der Waals surface area contributed by atoms with Crippen molar-refractivity contribution in [3.05, 3.63) is 54.0 Å². The standard InChI is InChI=1S/C14H17NO2S/c1-16-12-5-2-4-11(8-12)14(15)10-18-9-13-6-3-7-17-13/h2-8,14H,9-10,15H2,1H3. The van der Waals surface area contributed by atoms with Crippen LogP contribution in [0.3, 0.4) is 0 Å². The molecule has 0 spiro atoms. The molecular formula is C14H17NO2S. The van der Waals surface area contributed by atoms with Crippen molar-refractivity contribution in [1.82, 2.24) is 0 Å².